The number of hydrogen-bond acceptors (Lipinski definition) is 8. The lowest BCUT2D eigenvalue weighted by atomic mass is 9.95. The van der Waals surface area contributed by atoms with Crippen molar-refractivity contribution in [2.45, 2.75) is 33.7 Å². The monoisotopic (exact) mass is 585 g/mol. The number of thiazole rings is 1. The van der Waals surface area contributed by atoms with E-state index in [2.05, 4.69) is 4.99 Å². The summed E-state index contributed by atoms with van der Waals surface area (Å²) in [6.07, 6.45) is 1.84. The number of nitrogens with zero attached hydrogens (tertiary/aromatic N) is 3. The summed E-state index contributed by atoms with van der Waals surface area (Å²) in [5, 5.41) is 0. The molecule has 1 aliphatic rings. The molecule has 2 aromatic heterocycles. The van der Waals surface area contributed by atoms with Crippen LogP contribution < -0.4 is 19.6 Å². The molecule has 1 atom stereocenters. The highest BCUT2D eigenvalue weighted by atomic mass is 32.1. The van der Waals surface area contributed by atoms with E-state index in [1.165, 1.54) is 18.4 Å². The van der Waals surface area contributed by atoms with Crippen LogP contribution in [0.25, 0.3) is 11.8 Å². The van der Waals surface area contributed by atoms with Gasteiger partial charge in [0.05, 0.1) is 42.2 Å². The Labute approximate surface area is 246 Å². The van der Waals surface area contributed by atoms with E-state index in [4.69, 9.17) is 14.2 Å². The molecule has 1 unspecified atom stereocenters. The van der Waals surface area contributed by atoms with E-state index in [0.29, 0.717) is 37.5 Å². The van der Waals surface area contributed by atoms with E-state index in [1.807, 2.05) is 54.8 Å². The van der Waals surface area contributed by atoms with Gasteiger partial charge >= 0.3 is 11.9 Å². The molecule has 0 amide bonds. The Morgan fingerprint density at radius 3 is 2.50 bits per heavy atom. The summed E-state index contributed by atoms with van der Waals surface area (Å²) in [5.74, 6) is -0.393. The summed E-state index contributed by atoms with van der Waals surface area (Å²) in [5.41, 5.74) is 5.09. The number of rotatable bonds is 7. The molecule has 0 fully saturated rings. The van der Waals surface area contributed by atoms with Gasteiger partial charge in [0.15, 0.2) is 4.80 Å². The van der Waals surface area contributed by atoms with Crippen LogP contribution in [0.5, 0.6) is 5.75 Å². The molecule has 0 spiro atoms. The Morgan fingerprint density at radius 1 is 1.02 bits per heavy atom. The maximum Gasteiger partial charge on any atom is 0.338 e. The minimum Gasteiger partial charge on any atom is -0.496 e. The highest BCUT2D eigenvalue weighted by Gasteiger charge is 2.35. The highest BCUT2D eigenvalue weighted by Crippen LogP contribution is 2.35. The van der Waals surface area contributed by atoms with E-state index in [9.17, 15) is 14.4 Å². The van der Waals surface area contributed by atoms with Crippen molar-refractivity contribution in [2.24, 2.45) is 4.99 Å². The van der Waals surface area contributed by atoms with Crippen molar-refractivity contribution >= 4 is 29.4 Å². The molecular weight excluding hydrogens is 554 g/mol. The fourth-order valence-corrected chi connectivity index (χ4v) is 6.38. The molecule has 5 rings (SSSR count). The fraction of sp³-hybridized carbons (Fsp3) is 0.250. The van der Waals surface area contributed by atoms with Crippen molar-refractivity contribution < 1.29 is 23.8 Å². The third-order valence-corrected chi connectivity index (χ3v) is 8.22. The van der Waals surface area contributed by atoms with E-state index in [0.717, 1.165) is 22.6 Å². The van der Waals surface area contributed by atoms with Gasteiger partial charge in [-0.25, -0.2) is 14.6 Å². The molecule has 216 valence electrons. The molecule has 0 saturated carbocycles. The number of allylic oxidation sites excluding steroid dienone is 1. The third kappa shape index (κ3) is 4.98. The predicted molar refractivity (Wildman–Crippen MR) is 160 cm³/mol. The van der Waals surface area contributed by atoms with Crippen LogP contribution in [0, 0.1) is 13.8 Å². The second-order valence-electron chi connectivity index (χ2n) is 9.75. The van der Waals surface area contributed by atoms with Gasteiger partial charge in [-0.2, -0.15) is 0 Å². The molecule has 2 aromatic carbocycles. The van der Waals surface area contributed by atoms with Crippen LogP contribution in [0.1, 0.15) is 52.8 Å². The molecule has 0 bridgehead atoms. The number of esters is 2. The van der Waals surface area contributed by atoms with Crippen molar-refractivity contribution in [1.29, 1.82) is 0 Å². The first-order valence-electron chi connectivity index (χ1n) is 13.4. The maximum absolute atomic E-state index is 14.1. The second-order valence-corrected chi connectivity index (χ2v) is 10.8. The number of carbonyl (C=O) groups is 2. The van der Waals surface area contributed by atoms with Gasteiger partial charge in [-0.1, -0.05) is 35.6 Å². The summed E-state index contributed by atoms with van der Waals surface area (Å²) >= 11 is 1.26. The van der Waals surface area contributed by atoms with Gasteiger partial charge < -0.3 is 18.8 Å². The van der Waals surface area contributed by atoms with Crippen molar-refractivity contribution in [3.63, 3.8) is 0 Å². The van der Waals surface area contributed by atoms with Gasteiger partial charge in [-0.05, 0) is 69.7 Å². The van der Waals surface area contributed by atoms with Gasteiger partial charge in [0.2, 0.25) is 0 Å². The average Bonchev–Trinajstić information content (AvgIpc) is 3.45. The maximum atomic E-state index is 14.1. The molecule has 4 aromatic rings. The van der Waals surface area contributed by atoms with Crippen LogP contribution in [-0.2, 0) is 14.3 Å². The minimum atomic E-state index is -0.771. The van der Waals surface area contributed by atoms with Crippen molar-refractivity contribution in [2.75, 3.05) is 20.8 Å². The Hall–Kier alpha value is -4.70. The fourth-order valence-electron chi connectivity index (χ4n) is 5.34. The zero-order chi connectivity index (χ0) is 30.1. The van der Waals surface area contributed by atoms with Crippen molar-refractivity contribution in [1.82, 2.24) is 9.13 Å². The molecule has 0 saturated heterocycles. The zero-order valence-electron chi connectivity index (χ0n) is 24.3. The normalized spacial score (nSPS) is 14.8. The number of para-hydroxylation sites is 1. The zero-order valence-corrected chi connectivity index (χ0v) is 25.1. The molecular formula is C32H31N3O6S. The average molecular weight is 586 g/mol. The summed E-state index contributed by atoms with van der Waals surface area (Å²) in [7, 11) is 2.91. The SMILES string of the molecule is CCOC(=O)C1=C(C)N=c2s/c(=C/c3cc(C)n(-c4cccc(C(=O)OC)c4)c3C)c(=O)n2C1c1ccccc1OC. The molecule has 42 heavy (non-hydrogen) atoms. The Kier molecular flexibility index (Phi) is 8.00. The number of ether oxygens (including phenoxy) is 3. The number of hydrogen-bond donors (Lipinski definition) is 0. The molecule has 1 aliphatic heterocycles. The van der Waals surface area contributed by atoms with Crippen LogP contribution in [0.4, 0.5) is 0 Å². The molecule has 0 N–H and O–H groups in total. The third-order valence-electron chi connectivity index (χ3n) is 7.23. The van der Waals surface area contributed by atoms with Gasteiger partial charge in [-0.15, -0.1) is 0 Å². The first-order chi connectivity index (χ1) is 20.2. The van der Waals surface area contributed by atoms with Gasteiger partial charge in [0, 0.05) is 22.6 Å². The van der Waals surface area contributed by atoms with Gasteiger partial charge in [-0.3, -0.25) is 9.36 Å². The van der Waals surface area contributed by atoms with Crippen LogP contribution in [0.3, 0.4) is 0 Å². The second kappa shape index (κ2) is 11.7. The Morgan fingerprint density at radius 2 is 1.79 bits per heavy atom. The molecule has 0 aliphatic carbocycles. The summed E-state index contributed by atoms with van der Waals surface area (Å²) < 4.78 is 19.9. The van der Waals surface area contributed by atoms with Crippen molar-refractivity contribution in [3.8, 4) is 11.4 Å². The van der Waals surface area contributed by atoms with Crippen LogP contribution in [0.15, 0.2) is 75.7 Å². The number of carbonyl (C=O) groups excluding carboxylic acids is 2. The largest absolute Gasteiger partial charge is 0.496 e. The van der Waals surface area contributed by atoms with E-state index >= 15 is 0 Å². The number of aryl methyl sites for hydroxylation is 1. The molecule has 3 heterocycles. The number of aromatic nitrogens is 2. The summed E-state index contributed by atoms with van der Waals surface area (Å²) in [4.78, 5) is 44.5. The Balaban J connectivity index is 1.69. The van der Waals surface area contributed by atoms with Crippen LogP contribution in [0.2, 0.25) is 0 Å². The van der Waals surface area contributed by atoms with Gasteiger partial charge in [0.1, 0.15) is 11.8 Å². The quantitative estimate of drug-likeness (QED) is 0.304. The molecule has 0 radical (unpaired) electrons. The van der Waals surface area contributed by atoms with E-state index < -0.39 is 18.0 Å². The lowest BCUT2D eigenvalue weighted by molar-refractivity contribution is -0.139. The first kappa shape index (κ1) is 28.8. The summed E-state index contributed by atoms with van der Waals surface area (Å²) in [6.45, 7) is 7.61. The molecule has 10 heteroatoms. The number of fused-ring (bicyclic) bond motifs is 1. The predicted octanol–water partition coefficient (Wildman–Crippen LogP) is 4.00. The van der Waals surface area contributed by atoms with E-state index in [-0.39, 0.29) is 12.2 Å². The highest BCUT2D eigenvalue weighted by molar-refractivity contribution is 7.07. The standard InChI is InChI=1S/C32H31N3O6S/c1-7-41-31(38)27-19(3)33-32-35(28(27)24-13-8-9-14-25(24)39-5)29(36)26(42-32)17-22-15-18(2)34(20(22)4)23-12-10-11-21(16-23)30(37)40-6/h8-17,28H,7H2,1-6H3/b26-17+. The minimum absolute atomic E-state index is 0.191. The van der Waals surface area contributed by atoms with Crippen molar-refractivity contribution in [3.05, 3.63) is 114 Å². The van der Waals surface area contributed by atoms with Gasteiger partial charge in [0.25, 0.3) is 5.56 Å². The number of methoxy groups -OCH3 is 2. The summed E-state index contributed by atoms with van der Waals surface area (Å²) in [6, 6.07) is 15.7. The smallest absolute Gasteiger partial charge is 0.338 e. The topological polar surface area (TPSA) is 101 Å². The van der Waals surface area contributed by atoms with Crippen LogP contribution >= 0.6 is 11.3 Å². The lowest BCUT2D eigenvalue weighted by Crippen LogP contribution is -2.40. The van der Waals surface area contributed by atoms with Crippen LogP contribution in [-0.4, -0.2) is 41.9 Å². The lowest BCUT2D eigenvalue weighted by Gasteiger charge is -2.25. The Bertz CT molecular complexity index is 1930. The molecule has 9 nitrogen and oxygen atoms in total. The first-order valence-corrected chi connectivity index (χ1v) is 14.2. The number of benzene rings is 2. The van der Waals surface area contributed by atoms with E-state index in [1.54, 1.807) is 49.8 Å².